The fraction of sp³-hybridized carbons (Fsp3) is 0.0833. The van der Waals surface area contributed by atoms with Crippen molar-refractivity contribution in [2.75, 3.05) is 4.72 Å². The summed E-state index contributed by atoms with van der Waals surface area (Å²) >= 11 is 3.87. The predicted molar refractivity (Wildman–Crippen MR) is 79.7 cm³/mol. The first-order chi connectivity index (χ1) is 10.1. The maximum absolute atomic E-state index is 12.6. The number of sulfonamides is 1. The molecule has 2 rings (SSSR count). The van der Waals surface area contributed by atoms with Crippen molar-refractivity contribution in [2.24, 2.45) is 0 Å². The Hall–Kier alpha value is -1.39. The number of carbonyl (C=O) groups is 1. The smallest absolute Gasteiger partial charge is 0.297 e. The maximum Gasteiger partial charge on any atom is 0.416 e. The van der Waals surface area contributed by atoms with E-state index in [-0.39, 0.29) is 19.9 Å². The molecular formula is C12H7BrF3NO3S2. The van der Waals surface area contributed by atoms with E-state index >= 15 is 0 Å². The van der Waals surface area contributed by atoms with Gasteiger partial charge in [-0.05, 0) is 45.6 Å². The quantitative estimate of drug-likeness (QED) is 0.765. The molecule has 4 nitrogen and oxygen atoms in total. The third-order valence-corrected chi connectivity index (χ3v) is 5.78. The number of carbonyl (C=O) groups excluding carboxylic acids is 1. The van der Waals surface area contributed by atoms with Gasteiger partial charge in [-0.25, -0.2) is 8.42 Å². The number of alkyl halides is 3. The molecule has 1 aromatic heterocycles. The third kappa shape index (κ3) is 3.50. The van der Waals surface area contributed by atoms with Crippen LogP contribution in [-0.4, -0.2) is 14.7 Å². The fourth-order valence-corrected chi connectivity index (χ4v) is 4.47. The van der Waals surface area contributed by atoms with Crippen molar-refractivity contribution in [3.63, 3.8) is 0 Å². The molecule has 1 aromatic carbocycles. The second-order valence-corrected chi connectivity index (χ2v) is 7.52. The van der Waals surface area contributed by atoms with Crippen molar-refractivity contribution < 1.29 is 26.4 Å². The number of hydrogen-bond acceptors (Lipinski definition) is 4. The average Bonchev–Trinajstić information content (AvgIpc) is 2.83. The maximum atomic E-state index is 12.6. The van der Waals surface area contributed by atoms with Crippen LogP contribution >= 0.6 is 27.3 Å². The second kappa shape index (κ2) is 6.01. The second-order valence-electron chi connectivity index (χ2n) is 4.06. The lowest BCUT2D eigenvalue weighted by atomic mass is 10.2. The van der Waals surface area contributed by atoms with Gasteiger partial charge in [0.05, 0.1) is 16.1 Å². The monoisotopic (exact) mass is 413 g/mol. The van der Waals surface area contributed by atoms with Gasteiger partial charge in [0.15, 0.2) is 6.29 Å². The molecule has 0 aliphatic carbocycles. The van der Waals surface area contributed by atoms with E-state index in [0.29, 0.717) is 18.4 Å². The Labute approximate surface area is 136 Å². The summed E-state index contributed by atoms with van der Waals surface area (Å²) in [5, 5.41) is 1.52. The lowest BCUT2D eigenvalue weighted by Gasteiger charge is -2.12. The van der Waals surface area contributed by atoms with E-state index in [1.54, 1.807) is 0 Å². The van der Waals surface area contributed by atoms with Crippen LogP contribution in [0.4, 0.5) is 18.9 Å². The summed E-state index contributed by atoms with van der Waals surface area (Å²) in [5.41, 5.74) is -0.894. The van der Waals surface area contributed by atoms with Gasteiger partial charge in [0, 0.05) is 4.47 Å². The predicted octanol–water partition coefficient (Wildman–Crippen LogP) is 4.14. The first-order valence-corrected chi connectivity index (χ1v) is 8.73. The topological polar surface area (TPSA) is 63.2 Å². The summed E-state index contributed by atoms with van der Waals surface area (Å²) in [6, 6.07) is 3.60. The number of benzene rings is 1. The minimum atomic E-state index is -4.57. The number of anilines is 1. The van der Waals surface area contributed by atoms with Crippen LogP contribution in [0.15, 0.2) is 39.0 Å². The summed E-state index contributed by atoms with van der Waals surface area (Å²) in [4.78, 5) is 10.6. The molecule has 0 amide bonds. The van der Waals surface area contributed by atoms with E-state index in [9.17, 15) is 26.4 Å². The Morgan fingerprint density at radius 1 is 1.23 bits per heavy atom. The van der Waals surface area contributed by atoms with Crippen LogP contribution in [0.1, 0.15) is 15.2 Å². The van der Waals surface area contributed by atoms with E-state index in [2.05, 4.69) is 20.7 Å². The highest BCUT2D eigenvalue weighted by Crippen LogP contribution is 2.34. The third-order valence-electron chi connectivity index (χ3n) is 2.60. The molecule has 2 aromatic rings. The molecular weight excluding hydrogens is 407 g/mol. The molecule has 0 unspecified atom stereocenters. The first kappa shape index (κ1) is 17.0. The van der Waals surface area contributed by atoms with Gasteiger partial charge in [0.25, 0.3) is 10.0 Å². The van der Waals surface area contributed by atoms with Gasteiger partial charge in [0.1, 0.15) is 4.90 Å². The minimum absolute atomic E-state index is 0.0757. The molecule has 118 valence electrons. The molecule has 0 saturated heterocycles. The molecule has 0 atom stereocenters. The Bertz CT molecular complexity index is 815. The Balaban J connectivity index is 2.40. The number of hydrogen-bond donors (Lipinski definition) is 1. The van der Waals surface area contributed by atoms with Crippen LogP contribution in [0, 0.1) is 0 Å². The van der Waals surface area contributed by atoms with Crippen LogP contribution < -0.4 is 4.72 Å². The molecule has 0 fully saturated rings. The molecule has 0 bridgehead atoms. The minimum Gasteiger partial charge on any atom is -0.297 e. The fourth-order valence-electron chi connectivity index (χ4n) is 1.59. The van der Waals surface area contributed by atoms with Crippen molar-refractivity contribution in [1.29, 1.82) is 0 Å². The van der Waals surface area contributed by atoms with Gasteiger partial charge in [0.2, 0.25) is 0 Å². The van der Waals surface area contributed by atoms with E-state index in [1.165, 1.54) is 11.4 Å². The van der Waals surface area contributed by atoms with Gasteiger partial charge in [-0.1, -0.05) is 0 Å². The van der Waals surface area contributed by atoms with Crippen molar-refractivity contribution >= 4 is 49.3 Å². The van der Waals surface area contributed by atoms with Crippen LogP contribution in [0.5, 0.6) is 0 Å². The first-order valence-electron chi connectivity index (χ1n) is 5.57. The van der Waals surface area contributed by atoms with Gasteiger partial charge in [-0.2, -0.15) is 13.2 Å². The summed E-state index contributed by atoms with van der Waals surface area (Å²) in [6.45, 7) is 0. The van der Waals surface area contributed by atoms with Crippen molar-refractivity contribution in [1.82, 2.24) is 0 Å². The largest absolute Gasteiger partial charge is 0.416 e. The molecule has 22 heavy (non-hydrogen) atoms. The summed E-state index contributed by atoms with van der Waals surface area (Å²) in [7, 11) is -4.13. The Morgan fingerprint density at radius 2 is 1.91 bits per heavy atom. The summed E-state index contributed by atoms with van der Waals surface area (Å²) in [5.74, 6) is 0. The van der Waals surface area contributed by atoms with Crippen LogP contribution in [0.3, 0.4) is 0 Å². The lowest BCUT2D eigenvalue weighted by Crippen LogP contribution is -2.15. The SMILES string of the molecule is O=Cc1sccc1NS(=O)(=O)c1ccc(C(F)(F)F)cc1Br. The number of rotatable bonds is 4. The molecule has 10 heteroatoms. The van der Waals surface area contributed by atoms with E-state index in [4.69, 9.17) is 0 Å². The zero-order chi connectivity index (χ0) is 16.5. The van der Waals surface area contributed by atoms with E-state index < -0.39 is 21.8 Å². The molecule has 0 spiro atoms. The molecule has 1 heterocycles. The van der Waals surface area contributed by atoms with E-state index in [1.807, 2.05) is 0 Å². The number of thiophene rings is 1. The van der Waals surface area contributed by atoms with Gasteiger partial charge < -0.3 is 0 Å². The molecule has 1 N–H and O–H groups in total. The number of aldehydes is 1. The number of nitrogens with one attached hydrogen (secondary N) is 1. The van der Waals surface area contributed by atoms with Gasteiger partial charge in [-0.15, -0.1) is 11.3 Å². The standard InChI is InChI=1S/C12H7BrF3NO3S2/c13-8-5-7(12(14,15)16)1-2-11(8)22(19,20)17-9-3-4-21-10(9)6-18/h1-6,17H. The zero-order valence-corrected chi connectivity index (χ0v) is 13.7. The highest BCUT2D eigenvalue weighted by atomic mass is 79.9. The van der Waals surface area contributed by atoms with E-state index in [0.717, 1.165) is 17.4 Å². The number of halogens is 4. The van der Waals surface area contributed by atoms with Gasteiger partial charge in [-0.3, -0.25) is 9.52 Å². The van der Waals surface area contributed by atoms with Gasteiger partial charge >= 0.3 is 6.18 Å². The Kier molecular flexibility index (Phi) is 4.64. The highest BCUT2D eigenvalue weighted by molar-refractivity contribution is 9.10. The zero-order valence-electron chi connectivity index (χ0n) is 10.5. The van der Waals surface area contributed by atoms with Crippen LogP contribution in [0.25, 0.3) is 0 Å². The van der Waals surface area contributed by atoms with Crippen LogP contribution in [0.2, 0.25) is 0 Å². The Morgan fingerprint density at radius 3 is 2.45 bits per heavy atom. The molecule has 0 saturated carbocycles. The average molecular weight is 414 g/mol. The highest BCUT2D eigenvalue weighted by Gasteiger charge is 2.32. The molecule has 0 radical (unpaired) electrons. The van der Waals surface area contributed by atoms with Crippen LogP contribution in [-0.2, 0) is 16.2 Å². The summed E-state index contributed by atoms with van der Waals surface area (Å²) in [6.07, 6.45) is -4.08. The molecule has 0 aliphatic heterocycles. The van der Waals surface area contributed by atoms with Crippen molar-refractivity contribution in [3.8, 4) is 0 Å². The molecule has 0 aliphatic rings. The van der Waals surface area contributed by atoms with Crippen molar-refractivity contribution in [3.05, 3.63) is 44.6 Å². The lowest BCUT2D eigenvalue weighted by molar-refractivity contribution is -0.137. The summed E-state index contributed by atoms with van der Waals surface area (Å²) < 4.78 is 64.1. The van der Waals surface area contributed by atoms with Crippen molar-refractivity contribution in [2.45, 2.75) is 11.1 Å². The normalized spacial score (nSPS) is 12.2.